The highest BCUT2D eigenvalue weighted by molar-refractivity contribution is 5.83. The number of fused-ring (bicyclic) bond motifs is 1. The van der Waals surface area contributed by atoms with E-state index < -0.39 is 0 Å². The lowest BCUT2D eigenvalue weighted by molar-refractivity contribution is 0.628. The first-order valence-corrected chi connectivity index (χ1v) is 12.2. The first kappa shape index (κ1) is 22.6. The topological polar surface area (TPSA) is 66.5 Å². The van der Waals surface area contributed by atoms with Crippen LogP contribution in [0.1, 0.15) is 5.56 Å². The molecule has 0 aliphatic rings. The molecule has 0 bridgehead atoms. The quantitative estimate of drug-likeness (QED) is 0.252. The van der Waals surface area contributed by atoms with Crippen molar-refractivity contribution in [3.05, 3.63) is 121 Å². The van der Waals surface area contributed by atoms with Gasteiger partial charge in [0.2, 0.25) is 0 Å². The third-order valence-electron chi connectivity index (χ3n) is 6.35. The van der Waals surface area contributed by atoms with E-state index in [0.29, 0.717) is 5.82 Å². The van der Waals surface area contributed by atoms with Crippen molar-refractivity contribution in [2.24, 2.45) is 0 Å². The van der Waals surface area contributed by atoms with Gasteiger partial charge >= 0.3 is 0 Å². The summed E-state index contributed by atoms with van der Waals surface area (Å²) in [6.07, 6.45) is 6.49. The van der Waals surface area contributed by atoms with Gasteiger partial charge < -0.3 is 10.3 Å². The third kappa shape index (κ3) is 4.95. The fourth-order valence-corrected chi connectivity index (χ4v) is 4.45. The van der Waals surface area contributed by atoms with Gasteiger partial charge in [-0.1, -0.05) is 60.7 Å². The van der Waals surface area contributed by atoms with Gasteiger partial charge in [-0.2, -0.15) is 0 Å². The largest absolute Gasteiger partial charge is 0.370 e. The number of benzene rings is 3. The number of hydrogen-bond donors (Lipinski definition) is 2. The number of pyridine rings is 1. The van der Waals surface area contributed by atoms with Gasteiger partial charge in [0.05, 0.1) is 5.69 Å². The van der Waals surface area contributed by atoms with Crippen molar-refractivity contribution in [2.45, 2.75) is 6.42 Å². The van der Waals surface area contributed by atoms with Crippen LogP contribution in [-0.4, -0.2) is 26.5 Å². The standard InChI is InChI=1S/C31H24FN5/c32-26-12-10-21(11-13-26)24-16-25(19-33-18-24)29-17-30(37-31(36-29)22-6-2-1-3-7-22)34-15-14-23-20-35-28-9-5-4-8-27(23)28/h1-13,16-20,35H,14-15H2,(H,34,36,37). The molecule has 3 aromatic heterocycles. The number of aromatic amines is 1. The number of aromatic nitrogens is 4. The molecule has 0 saturated heterocycles. The molecular formula is C31H24FN5. The predicted molar refractivity (Wildman–Crippen MR) is 147 cm³/mol. The number of rotatable bonds is 7. The van der Waals surface area contributed by atoms with Gasteiger partial charge in [-0.05, 0) is 41.8 Å². The molecule has 0 atom stereocenters. The highest BCUT2D eigenvalue weighted by Crippen LogP contribution is 2.28. The molecule has 0 amide bonds. The van der Waals surface area contributed by atoms with Crippen LogP contribution in [0.15, 0.2) is 110 Å². The van der Waals surface area contributed by atoms with Gasteiger partial charge in [0.15, 0.2) is 5.82 Å². The van der Waals surface area contributed by atoms with E-state index in [0.717, 1.165) is 52.2 Å². The molecule has 0 unspecified atom stereocenters. The molecule has 0 aliphatic heterocycles. The molecule has 6 heteroatoms. The Morgan fingerprint density at radius 3 is 2.38 bits per heavy atom. The summed E-state index contributed by atoms with van der Waals surface area (Å²) in [6, 6.07) is 28.6. The Hall–Kier alpha value is -4.84. The highest BCUT2D eigenvalue weighted by Gasteiger charge is 2.11. The summed E-state index contributed by atoms with van der Waals surface area (Å²) in [6.45, 7) is 0.723. The molecule has 3 aromatic carbocycles. The highest BCUT2D eigenvalue weighted by atomic mass is 19.1. The van der Waals surface area contributed by atoms with Crippen molar-refractivity contribution in [3.63, 3.8) is 0 Å². The van der Waals surface area contributed by atoms with Gasteiger partial charge in [-0.25, -0.2) is 14.4 Å². The Labute approximate surface area is 214 Å². The molecule has 3 heterocycles. The summed E-state index contributed by atoms with van der Waals surface area (Å²) >= 11 is 0. The average Bonchev–Trinajstić information content (AvgIpc) is 3.37. The van der Waals surface area contributed by atoms with E-state index in [1.165, 1.54) is 23.1 Å². The zero-order valence-corrected chi connectivity index (χ0v) is 20.0. The van der Waals surface area contributed by atoms with Crippen LogP contribution in [0.4, 0.5) is 10.2 Å². The fourth-order valence-electron chi connectivity index (χ4n) is 4.45. The monoisotopic (exact) mass is 485 g/mol. The van der Waals surface area contributed by atoms with Crippen molar-refractivity contribution in [1.29, 1.82) is 0 Å². The normalized spacial score (nSPS) is 11.1. The number of H-pyrrole nitrogens is 1. The Morgan fingerprint density at radius 1 is 0.730 bits per heavy atom. The maximum atomic E-state index is 13.4. The molecule has 0 fully saturated rings. The summed E-state index contributed by atoms with van der Waals surface area (Å²) in [5.41, 5.74) is 6.75. The van der Waals surface area contributed by atoms with E-state index in [4.69, 9.17) is 9.97 Å². The zero-order chi connectivity index (χ0) is 25.0. The SMILES string of the molecule is Fc1ccc(-c2cncc(-c3cc(NCCc4c[nH]c5ccccc45)nc(-c4ccccc4)n3)c2)cc1. The molecule has 6 aromatic rings. The Bertz CT molecular complexity index is 1660. The second-order valence-corrected chi connectivity index (χ2v) is 8.83. The van der Waals surface area contributed by atoms with Crippen molar-refractivity contribution >= 4 is 16.7 Å². The molecule has 5 nitrogen and oxygen atoms in total. The van der Waals surface area contributed by atoms with Crippen molar-refractivity contribution in [2.75, 3.05) is 11.9 Å². The van der Waals surface area contributed by atoms with Gasteiger partial charge in [-0.15, -0.1) is 0 Å². The molecule has 0 saturated carbocycles. The lowest BCUT2D eigenvalue weighted by Gasteiger charge is -2.11. The first-order valence-electron chi connectivity index (χ1n) is 12.2. The van der Waals surface area contributed by atoms with Crippen molar-refractivity contribution < 1.29 is 4.39 Å². The Morgan fingerprint density at radius 2 is 1.51 bits per heavy atom. The molecule has 6 rings (SSSR count). The predicted octanol–water partition coefficient (Wildman–Crippen LogP) is 7.15. The summed E-state index contributed by atoms with van der Waals surface area (Å²) < 4.78 is 13.4. The van der Waals surface area contributed by atoms with Crippen LogP contribution < -0.4 is 5.32 Å². The number of hydrogen-bond acceptors (Lipinski definition) is 4. The molecule has 37 heavy (non-hydrogen) atoms. The maximum Gasteiger partial charge on any atom is 0.162 e. The van der Waals surface area contributed by atoms with Crippen LogP contribution in [-0.2, 0) is 6.42 Å². The van der Waals surface area contributed by atoms with Crippen LogP contribution in [0.25, 0.3) is 44.7 Å². The van der Waals surface area contributed by atoms with Crippen LogP contribution >= 0.6 is 0 Å². The summed E-state index contributed by atoms with van der Waals surface area (Å²) in [4.78, 5) is 17.5. The minimum absolute atomic E-state index is 0.264. The fraction of sp³-hybridized carbons (Fsp3) is 0.0645. The molecule has 0 radical (unpaired) electrons. The lowest BCUT2D eigenvalue weighted by Crippen LogP contribution is -2.07. The van der Waals surface area contributed by atoms with E-state index in [1.807, 2.05) is 48.5 Å². The van der Waals surface area contributed by atoms with Crippen LogP contribution in [0.5, 0.6) is 0 Å². The van der Waals surface area contributed by atoms with E-state index >= 15 is 0 Å². The zero-order valence-electron chi connectivity index (χ0n) is 20.0. The smallest absolute Gasteiger partial charge is 0.162 e. The maximum absolute atomic E-state index is 13.4. The molecule has 0 aliphatic carbocycles. The van der Waals surface area contributed by atoms with Crippen molar-refractivity contribution in [1.82, 2.24) is 19.9 Å². The molecule has 2 N–H and O–H groups in total. The van der Waals surface area contributed by atoms with Crippen molar-refractivity contribution in [3.8, 4) is 33.8 Å². The summed E-state index contributed by atoms with van der Waals surface area (Å²) in [5.74, 6) is 1.12. The number of halogens is 1. The summed E-state index contributed by atoms with van der Waals surface area (Å²) in [5, 5.41) is 4.73. The third-order valence-corrected chi connectivity index (χ3v) is 6.35. The van der Waals surface area contributed by atoms with E-state index in [-0.39, 0.29) is 5.82 Å². The molecule has 180 valence electrons. The summed E-state index contributed by atoms with van der Waals surface area (Å²) in [7, 11) is 0. The number of para-hydroxylation sites is 1. The number of anilines is 1. The minimum atomic E-state index is -0.264. The Balaban J connectivity index is 1.32. The second kappa shape index (κ2) is 10.0. The van der Waals surface area contributed by atoms with E-state index in [1.54, 1.807) is 24.5 Å². The number of nitrogens with zero attached hydrogens (tertiary/aromatic N) is 3. The molecule has 0 spiro atoms. The van der Waals surface area contributed by atoms with Crippen LogP contribution in [0.2, 0.25) is 0 Å². The van der Waals surface area contributed by atoms with Gasteiger partial charge in [0, 0.05) is 58.8 Å². The van der Waals surface area contributed by atoms with Crippen LogP contribution in [0, 0.1) is 5.82 Å². The van der Waals surface area contributed by atoms with E-state index in [9.17, 15) is 4.39 Å². The van der Waals surface area contributed by atoms with E-state index in [2.05, 4.69) is 39.7 Å². The minimum Gasteiger partial charge on any atom is -0.370 e. The average molecular weight is 486 g/mol. The van der Waals surface area contributed by atoms with Crippen LogP contribution in [0.3, 0.4) is 0 Å². The molecular weight excluding hydrogens is 461 g/mol. The van der Waals surface area contributed by atoms with Gasteiger partial charge in [-0.3, -0.25) is 4.98 Å². The van der Waals surface area contributed by atoms with Gasteiger partial charge in [0.1, 0.15) is 11.6 Å². The van der Waals surface area contributed by atoms with Gasteiger partial charge in [0.25, 0.3) is 0 Å². The lowest BCUT2D eigenvalue weighted by atomic mass is 10.0. The second-order valence-electron chi connectivity index (χ2n) is 8.83. The first-order chi connectivity index (χ1) is 18.2. The Kier molecular flexibility index (Phi) is 6.13. The number of nitrogens with one attached hydrogen (secondary N) is 2.